The van der Waals surface area contributed by atoms with Crippen LogP contribution >= 0.6 is 15.9 Å². The van der Waals surface area contributed by atoms with E-state index in [1.807, 2.05) is 18.2 Å². The van der Waals surface area contributed by atoms with Crippen molar-refractivity contribution in [3.63, 3.8) is 0 Å². The number of nitrogens with zero attached hydrogens (tertiary/aromatic N) is 2. The molecule has 0 spiro atoms. The molecule has 1 aliphatic carbocycles. The van der Waals surface area contributed by atoms with Crippen molar-refractivity contribution in [3.05, 3.63) is 57.0 Å². The lowest BCUT2D eigenvalue weighted by atomic mass is 10.1. The summed E-state index contributed by atoms with van der Waals surface area (Å²) >= 11 is 3.41. The second-order valence-corrected chi connectivity index (χ2v) is 5.24. The fourth-order valence-electron chi connectivity index (χ4n) is 2.22. The van der Waals surface area contributed by atoms with Crippen LogP contribution in [0.4, 0.5) is 23.0 Å². The first-order valence-corrected chi connectivity index (χ1v) is 6.72. The van der Waals surface area contributed by atoms with Gasteiger partial charge in [0.05, 0.1) is 0 Å². The molecule has 1 aliphatic rings. The van der Waals surface area contributed by atoms with Gasteiger partial charge < -0.3 is 17.3 Å². The molecule has 0 atom stereocenters. The Kier molecular flexibility index (Phi) is 4.33. The lowest BCUT2D eigenvalue weighted by molar-refractivity contribution is 0.368. The molecule has 21 heavy (non-hydrogen) atoms. The maximum atomic E-state index is 9.75. The molecule has 0 amide bonds. The Morgan fingerprint density at radius 2 is 1.62 bits per heavy atom. The molecule has 2 nitrogen and oxygen atoms in total. The van der Waals surface area contributed by atoms with Crippen LogP contribution in [0.5, 0.6) is 0 Å². The highest BCUT2D eigenvalue weighted by Gasteiger charge is 2.23. The Morgan fingerprint density at radius 3 is 2.24 bits per heavy atom. The fourth-order valence-corrected chi connectivity index (χ4v) is 2.64. The molecule has 0 heterocycles. The SMILES string of the molecule is F[B-](F)(F)F.N#[N+]c1cc2c(cc1Br)-c1ccccc1C2. The van der Waals surface area contributed by atoms with Crippen molar-refractivity contribution < 1.29 is 17.3 Å². The van der Waals surface area contributed by atoms with Gasteiger partial charge in [0.2, 0.25) is 5.39 Å². The summed E-state index contributed by atoms with van der Waals surface area (Å²) in [6.45, 7) is 0. The molecular weight excluding hydrogens is 351 g/mol. The minimum atomic E-state index is -6.00. The van der Waals surface area contributed by atoms with E-state index < -0.39 is 7.25 Å². The van der Waals surface area contributed by atoms with Crippen LogP contribution in [0, 0.1) is 5.39 Å². The standard InChI is InChI=1S/C13H8BrN2.BF4/c14-12-7-11-9(6-13(12)16-15)5-8-3-1-2-4-10(8)11;2-1(3,4)5/h1-4,6-7H,5H2;/q+1;-1. The first-order chi connectivity index (χ1) is 9.79. The molecule has 0 bridgehead atoms. The van der Waals surface area contributed by atoms with Gasteiger partial charge in [-0.15, -0.1) is 0 Å². The van der Waals surface area contributed by atoms with Crippen LogP contribution in [0.3, 0.4) is 0 Å². The minimum absolute atomic E-state index is 0.589. The summed E-state index contributed by atoms with van der Waals surface area (Å²) in [5.41, 5.74) is 5.65. The average molecular weight is 359 g/mol. The van der Waals surface area contributed by atoms with Gasteiger partial charge in [-0.3, -0.25) is 0 Å². The van der Waals surface area contributed by atoms with E-state index in [1.54, 1.807) is 0 Å². The predicted molar refractivity (Wildman–Crippen MR) is 77.3 cm³/mol. The number of rotatable bonds is 0. The first kappa shape index (κ1) is 15.5. The summed E-state index contributed by atoms with van der Waals surface area (Å²) in [6, 6.07) is 12.3. The molecule has 0 aliphatic heterocycles. The van der Waals surface area contributed by atoms with Crippen molar-refractivity contribution in [2.24, 2.45) is 0 Å². The molecule has 0 unspecified atom stereocenters. The summed E-state index contributed by atoms with van der Waals surface area (Å²) in [7, 11) is -6.00. The number of diazo groups is 1. The van der Waals surface area contributed by atoms with E-state index in [0.29, 0.717) is 5.69 Å². The third-order valence-electron chi connectivity index (χ3n) is 2.97. The largest absolute Gasteiger partial charge is 0.673 e. The van der Waals surface area contributed by atoms with E-state index >= 15 is 0 Å². The highest BCUT2D eigenvalue weighted by molar-refractivity contribution is 9.10. The smallest absolute Gasteiger partial charge is 0.418 e. The third kappa shape index (κ3) is 3.82. The van der Waals surface area contributed by atoms with Crippen molar-refractivity contribution in [3.8, 4) is 11.1 Å². The number of fused-ring (bicyclic) bond motifs is 3. The van der Waals surface area contributed by atoms with E-state index in [0.717, 1.165) is 10.9 Å². The summed E-state index contributed by atoms with van der Waals surface area (Å²) in [5, 5.41) is 8.86. The molecular formula is C13H8BBrF4N2. The van der Waals surface area contributed by atoms with Crippen LogP contribution < -0.4 is 0 Å². The second-order valence-electron chi connectivity index (χ2n) is 4.39. The lowest BCUT2D eigenvalue weighted by Crippen LogP contribution is -2.02. The summed E-state index contributed by atoms with van der Waals surface area (Å²) in [5.74, 6) is 0. The van der Waals surface area contributed by atoms with Gasteiger partial charge in [0, 0.05) is 6.07 Å². The van der Waals surface area contributed by atoms with Crippen molar-refractivity contribution >= 4 is 28.9 Å². The van der Waals surface area contributed by atoms with Gasteiger partial charge in [-0.05, 0) is 50.7 Å². The summed E-state index contributed by atoms with van der Waals surface area (Å²) < 4.78 is 39.8. The average Bonchev–Trinajstić information content (AvgIpc) is 2.73. The maximum absolute atomic E-state index is 9.75. The topological polar surface area (TPSA) is 28.1 Å². The van der Waals surface area contributed by atoms with Gasteiger partial charge in [0.15, 0.2) is 4.98 Å². The van der Waals surface area contributed by atoms with Crippen LogP contribution in [-0.2, 0) is 6.42 Å². The molecule has 0 fully saturated rings. The van der Waals surface area contributed by atoms with E-state index in [4.69, 9.17) is 5.39 Å². The monoisotopic (exact) mass is 358 g/mol. The van der Waals surface area contributed by atoms with Gasteiger partial charge in [0.1, 0.15) is 4.47 Å². The zero-order valence-corrected chi connectivity index (χ0v) is 12.1. The highest BCUT2D eigenvalue weighted by atomic mass is 79.9. The molecule has 2 aromatic rings. The number of benzene rings is 2. The molecule has 0 aromatic heterocycles. The van der Waals surface area contributed by atoms with Crippen LogP contribution in [0.2, 0.25) is 0 Å². The molecule has 3 rings (SSSR count). The predicted octanol–water partition coefficient (Wildman–Crippen LogP) is 5.80. The molecule has 0 saturated heterocycles. The van der Waals surface area contributed by atoms with Gasteiger partial charge in [-0.25, -0.2) is 0 Å². The third-order valence-corrected chi connectivity index (χ3v) is 3.60. The van der Waals surface area contributed by atoms with Crippen molar-refractivity contribution in [1.29, 1.82) is 5.39 Å². The molecule has 0 saturated carbocycles. The van der Waals surface area contributed by atoms with Crippen molar-refractivity contribution in [1.82, 2.24) is 0 Å². The van der Waals surface area contributed by atoms with E-state index in [9.17, 15) is 17.3 Å². The Bertz CT molecular complexity index is 719. The zero-order chi connectivity index (χ0) is 15.6. The van der Waals surface area contributed by atoms with Gasteiger partial charge in [-0.1, -0.05) is 24.3 Å². The number of halogens is 5. The Balaban J connectivity index is 0.000000282. The number of hydrogen-bond donors (Lipinski definition) is 0. The van der Waals surface area contributed by atoms with Gasteiger partial charge in [-0.2, -0.15) is 0 Å². The summed E-state index contributed by atoms with van der Waals surface area (Å²) in [6.07, 6.45) is 0.918. The van der Waals surface area contributed by atoms with E-state index in [-0.39, 0.29) is 0 Å². The van der Waals surface area contributed by atoms with E-state index in [1.165, 1.54) is 22.3 Å². The zero-order valence-electron chi connectivity index (χ0n) is 10.5. The van der Waals surface area contributed by atoms with Crippen LogP contribution in [-0.4, -0.2) is 7.25 Å². The Labute approximate surface area is 126 Å². The normalized spacial score (nSPS) is 11.8. The Morgan fingerprint density at radius 1 is 1.00 bits per heavy atom. The van der Waals surface area contributed by atoms with Gasteiger partial charge >= 0.3 is 12.9 Å². The van der Waals surface area contributed by atoms with Crippen molar-refractivity contribution in [2.45, 2.75) is 6.42 Å². The van der Waals surface area contributed by atoms with Crippen LogP contribution in [0.15, 0.2) is 40.9 Å². The summed E-state index contributed by atoms with van der Waals surface area (Å²) in [4.78, 5) is 3.26. The first-order valence-electron chi connectivity index (χ1n) is 5.92. The maximum Gasteiger partial charge on any atom is 0.673 e. The molecule has 2 aromatic carbocycles. The van der Waals surface area contributed by atoms with Gasteiger partial charge in [0.25, 0.3) is 0 Å². The highest BCUT2D eigenvalue weighted by Crippen LogP contribution is 2.41. The minimum Gasteiger partial charge on any atom is -0.418 e. The Hall–Kier alpha value is -1.88. The lowest BCUT2D eigenvalue weighted by Gasteiger charge is -1.99. The molecule has 8 heteroatoms. The molecule has 0 radical (unpaired) electrons. The quantitative estimate of drug-likeness (QED) is 0.283. The van der Waals surface area contributed by atoms with Crippen LogP contribution in [0.1, 0.15) is 11.1 Å². The second kappa shape index (κ2) is 5.86. The molecule has 0 N–H and O–H groups in total. The van der Waals surface area contributed by atoms with Crippen LogP contribution in [0.25, 0.3) is 16.1 Å². The molecule has 108 valence electrons. The fraction of sp³-hybridized carbons (Fsp3) is 0.0769. The number of hydrogen-bond acceptors (Lipinski definition) is 1. The van der Waals surface area contributed by atoms with E-state index in [2.05, 4.69) is 39.1 Å². The van der Waals surface area contributed by atoms with Crippen molar-refractivity contribution in [2.75, 3.05) is 0 Å².